The summed E-state index contributed by atoms with van der Waals surface area (Å²) in [6, 6.07) is 0. The number of aliphatic hydroxyl groups excluding tert-OH is 1. The highest BCUT2D eigenvalue weighted by molar-refractivity contribution is 7.99. The molecule has 0 saturated heterocycles. The largest absolute Gasteiger partial charge is 0.416 e. The Morgan fingerprint density at radius 3 is 2.93 bits per heavy atom. The van der Waals surface area contributed by atoms with Crippen LogP contribution in [0, 0.1) is 6.92 Å². The van der Waals surface area contributed by atoms with Gasteiger partial charge in [-0.25, -0.2) is 0 Å². The minimum Gasteiger partial charge on any atom is -0.416 e. The number of rotatable bonds is 6. The minimum absolute atomic E-state index is 0.382. The third kappa shape index (κ3) is 4.08. The second-order valence-electron chi connectivity index (χ2n) is 2.86. The molecule has 0 aliphatic carbocycles. The third-order valence-corrected chi connectivity index (χ3v) is 2.50. The molecule has 1 aromatic rings. The Morgan fingerprint density at radius 1 is 1.57 bits per heavy atom. The number of aliphatic hydroxyl groups is 1. The van der Waals surface area contributed by atoms with Crippen LogP contribution >= 0.6 is 11.8 Å². The van der Waals surface area contributed by atoms with Gasteiger partial charge < -0.3 is 14.8 Å². The molecule has 14 heavy (non-hydrogen) atoms. The first-order valence-electron chi connectivity index (χ1n) is 4.54. The predicted molar refractivity (Wildman–Crippen MR) is 54.3 cm³/mol. The first-order valence-corrected chi connectivity index (χ1v) is 5.52. The number of thioether (sulfide) groups is 1. The Balaban J connectivity index is 2.20. The fourth-order valence-electron chi connectivity index (χ4n) is 0.874. The smallest absolute Gasteiger partial charge is 0.276 e. The Labute approximate surface area is 87.3 Å². The van der Waals surface area contributed by atoms with Crippen molar-refractivity contribution in [1.29, 1.82) is 0 Å². The number of hydrogen-bond acceptors (Lipinski definition) is 6. The molecular weight excluding hydrogens is 202 g/mol. The molecule has 2 N–H and O–H groups in total. The van der Waals surface area contributed by atoms with Crippen LogP contribution in [0.15, 0.2) is 9.64 Å². The molecule has 1 atom stereocenters. The van der Waals surface area contributed by atoms with E-state index in [1.54, 1.807) is 6.92 Å². The quantitative estimate of drug-likeness (QED) is 0.674. The van der Waals surface area contributed by atoms with Crippen molar-refractivity contribution in [2.45, 2.75) is 25.2 Å². The van der Waals surface area contributed by atoms with E-state index in [0.717, 1.165) is 6.54 Å². The molecule has 0 aliphatic heterocycles. The number of nitrogens with one attached hydrogen (secondary N) is 1. The summed E-state index contributed by atoms with van der Waals surface area (Å²) >= 11 is 1.37. The molecule has 0 amide bonds. The van der Waals surface area contributed by atoms with Crippen molar-refractivity contribution in [2.75, 3.05) is 18.8 Å². The van der Waals surface area contributed by atoms with Crippen LogP contribution in [-0.2, 0) is 0 Å². The van der Waals surface area contributed by atoms with Crippen LogP contribution < -0.4 is 5.32 Å². The molecule has 0 saturated carbocycles. The number of nitrogens with zero attached hydrogens (tertiary/aromatic N) is 2. The van der Waals surface area contributed by atoms with Gasteiger partial charge >= 0.3 is 0 Å². The summed E-state index contributed by atoms with van der Waals surface area (Å²) in [6.45, 7) is 5.20. The molecule has 1 rings (SSSR count). The summed E-state index contributed by atoms with van der Waals surface area (Å²) < 4.78 is 5.15. The maximum absolute atomic E-state index is 9.48. The normalized spacial score (nSPS) is 13.1. The zero-order valence-corrected chi connectivity index (χ0v) is 9.17. The second kappa shape index (κ2) is 6.00. The van der Waals surface area contributed by atoms with E-state index in [1.807, 2.05) is 6.92 Å². The van der Waals surface area contributed by atoms with Gasteiger partial charge in [0.2, 0.25) is 5.89 Å². The Hall–Kier alpha value is -0.590. The van der Waals surface area contributed by atoms with Gasteiger partial charge in [-0.2, -0.15) is 0 Å². The highest BCUT2D eigenvalue weighted by Gasteiger charge is 2.07. The number of hydrogen-bond donors (Lipinski definition) is 2. The van der Waals surface area contributed by atoms with Gasteiger partial charge in [-0.05, 0) is 6.54 Å². The summed E-state index contributed by atoms with van der Waals surface area (Å²) in [5.41, 5.74) is 0. The van der Waals surface area contributed by atoms with Crippen molar-refractivity contribution in [3.63, 3.8) is 0 Å². The second-order valence-corrected chi connectivity index (χ2v) is 3.83. The van der Waals surface area contributed by atoms with Gasteiger partial charge in [0, 0.05) is 19.2 Å². The molecule has 80 valence electrons. The molecule has 1 unspecified atom stereocenters. The molecule has 6 heteroatoms. The van der Waals surface area contributed by atoms with E-state index in [1.165, 1.54) is 11.8 Å². The summed E-state index contributed by atoms with van der Waals surface area (Å²) in [4.78, 5) is 0. The maximum atomic E-state index is 9.48. The van der Waals surface area contributed by atoms with E-state index in [4.69, 9.17) is 4.42 Å². The van der Waals surface area contributed by atoms with Crippen molar-refractivity contribution < 1.29 is 9.52 Å². The Kier molecular flexibility index (Phi) is 4.92. The van der Waals surface area contributed by atoms with E-state index >= 15 is 0 Å². The molecule has 1 heterocycles. The minimum atomic E-state index is -0.382. The molecule has 0 spiro atoms. The summed E-state index contributed by atoms with van der Waals surface area (Å²) in [5, 5.41) is 20.6. The van der Waals surface area contributed by atoms with Gasteiger partial charge in [0.05, 0.1) is 6.10 Å². The zero-order valence-electron chi connectivity index (χ0n) is 8.36. The molecule has 5 nitrogen and oxygen atoms in total. The highest BCUT2D eigenvalue weighted by Crippen LogP contribution is 2.16. The fraction of sp³-hybridized carbons (Fsp3) is 0.750. The lowest BCUT2D eigenvalue weighted by Crippen LogP contribution is -2.28. The van der Waals surface area contributed by atoms with Crippen molar-refractivity contribution in [3.8, 4) is 0 Å². The average Bonchev–Trinajstić information content (AvgIpc) is 2.58. The first-order chi connectivity index (χ1) is 6.72. The molecule has 0 aromatic carbocycles. The molecule has 0 radical (unpaired) electrons. The first kappa shape index (κ1) is 11.5. The molecular formula is C8H15N3O2S. The van der Waals surface area contributed by atoms with Crippen LogP contribution in [-0.4, -0.2) is 40.3 Å². The number of aromatic nitrogens is 2. The van der Waals surface area contributed by atoms with Gasteiger partial charge in [0.15, 0.2) is 0 Å². The van der Waals surface area contributed by atoms with Crippen molar-refractivity contribution in [2.24, 2.45) is 0 Å². The lowest BCUT2D eigenvalue weighted by atomic mass is 10.4. The maximum Gasteiger partial charge on any atom is 0.276 e. The SMILES string of the molecule is CCNCC(O)CSc1nnc(C)o1. The monoisotopic (exact) mass is 217 g/mol. The standard InChI is InChI=1S/C8H15N3O2S/c1-3-9-4-7(12)5-14-8-11-10-6(2)13-8/h7,9,12H,3-5H2,1-2H3. The average molecular weight is 217 g/mol. The van der Waals surface area contributed by atoms with Crippen molar-refractivity contribution >= 4 is 11.8 Å². The number of likely N-dealkylation sites (N-methyl/N-ethyl adjacent to an activating group) is 1. The van der Waals surface area contributed by atoms with Crippen LogP contribution in [0.3, 0.4) is 0 Å². The summed E-state index contributed by atoms with van der Waals surface area (Å²) in [5.74, 6) is 1.11. The fourth-order valence-corrected chi connectivity index (χ4v) is 1.61. The van der Waals surface area contributed by atoms with Crippen molar-refractivity contribution in [3.05, 3.63) is 5.89 Å². The topological polar surface area (TPSA) is 71.2 Å². The van der Waals surface area contributed by atoms with E-state index in [0.29, 0.717) is 23.4 Å². The molecule has 0 aliphatic rings. The van der Waals surface area contributed by atoms with Gasteiger partial charge in [-0.1, -0.05) is 18.7 Å². The van der Waals surface area contributed by atoms with Gasteiger partial charge in [0.25, 0.3) is 5.22 Å². The van der Waals surface area contributed by atoms with E-state index in [-0.39, 0.29) is 6.10 Å². The molecule has 0 bridgehead atoms. The van der Waals surface area contributed by atoms with E-state index in [2.05, 4.69) is 15.5 Å². The lowest BCUT2D eigenvalue weighted by Gasteiger charge is -2.08. The van der Waals surface area contributed by atoms with Crippen molar-refractivity contribution in [1.82, 2.24) is 15.5 Å². The predicted octanol–water partition coefficient (Wildman–Crippen LogP) is 0.441. The van der Waals surface area contributed by atoms with Crippen LogP contribution in [0.4, 0.5) is 0 Å². The third-order valence-electron chi connectivity index (χ3n) is 1.54. The van der Waals surface area contributed by atoms with Crippen LogP contribution in [0.25, 0.3) is 0 Å². The van der Waals surface area contributed by atoms with Gasteiger partial charge in [-0.3, -0.25) is 0 Å². The Morgan fingerprint density at radius 2 is 2.36 bits per heavy atom. The summed E-state index contributed by atoms with van der Waals surface area (Å²) in [7, 11) is 0. The van der Waals surface area contributed by atoms with Crippen LogP contribution in [0.5, 0.6) is 0 Å². The zero-order chi connectivity index (χ0) is 10.4. The van der Waals surface area contributed by atoms with E-state index < -0.39 is 0 Å². The Bertz CT molecular complexity index is 267. The van der Waals surface area contributed by atoms with Crippen LogP contribution in [0.1, 0.15) is 12.8 Å². The van der Waals surface area contributed by atoms with Crippen LogP contribution in [0.2, 0.25) is 0 Å². The summed E-state index contributed by atoms with van der Waals surface area (Å²) in [6.07, 6.45) is -0.382. The van der Waals surface area contributed by atoms with E-state index in [9.17, 15) is 5.11 Å². The highest BCUT2D eigenvalue weighted by atomic mass is 32.2. The molecule has 1 aromatic heterocycles. The van der Waals surface area contributed by atoms with Gasteiger partial charge in [0.1, 0.15) is 0 Å². The van der Waals surface area contributed by atoms with Gasteiger partial charge in [-0.15, -0.1) is 10.2 Å². The number of aryl methyl sites for hydroxylation is 1. The lowest BCUT2D eigenvalue weighted by molar-refractivity contribution is 0.196. The molecule has 0 fully saturated rings.